The molecule has 0 fully saturated rings. The van der Waals surface area contributed by atoms with E-state index in [1.54, 1.807) is 12.2 Å². The van der Waals surface area contributed by atoms with E-state index in [0.717, 1.165) is 32.1 Å². The zero-order valence-electron chi connectivity index (χ0n) is 36.2. The Morgan fingerprint density at radius 3 is 1.68 bits per heavy atom. The molecule has 0 amide bonds. The fourth-order valence-corrected chi connectivity index (χ4v) is 6.28. The number of hydrogen-bond donors (Lipinski definition) is 4. The number of carbonyl (C=O) groups is 3. The van der Waals surface area contributed by atoms with Gasteiger partial charge in [-0.05, 0) is 70.6 Å². The summed E-state index contributed by atoms with van der Waals surface area (Å²) in [6, 6.07) is -1.56. The molecule has 13 heteroatoms. The number of rotatable bonds is 40. The van der Waals surface area contributed by atoms with Crippen molar-refractivity contribution in [3.05, 3.63) is 72.9 Å². The molecule has 0 radical (unpaired) electrons. The number of carboxylic acids is 1. The zero-order chi connectivity index (χ0) is 43.7. The number of aliphatic hydroxyl groups is 1. The molecule has 0 saturated carbocycles. The number of esters is 2. The summed E-state index contributed by atoms with van der Waals surface area (Å²) in [6.07, 6.45) is 44.4. The van der Waals surface area contributed by atoms with Crippen molar-refractivity contribution in [2.24, 2.45) is 5.73 Å². The van der Waals surface area contributed by atoms with Gasteiger partial charge in [0.15, 0.2) is 6.10 Å². The minimum atomic E-state index is -4.78. The number of allylic oxidation sites excluding steroid dienone is 11. The zero-order valence-corrected chi connectivity index (χ0v) is 37.1. The predicted octanol–water partition coefficient (Wildman–Crippen LogP) is 10.7. The molecule has 0 aromatic heterocycles. The molecule has 0 heterocycles. The third-order valence-electron chi connectivity index (χ3n) is 9.03. The van der Waals surface area contributed by atoms with E-state index in [1.165, 1.54) is 77.0 Å². The average Bonchev–Trinajstić information content (AvgIpc) is 3.20. The molecule has 0 bridgehead atoms. The highest BCUT2D eigenvalue weighted by Crippen LogP contribution is 2.43. The lowest BCUT2D eigenvalue weighted by molar-refractivity contribution is -0.161. The number of ether oxygens (including phenoxy) is 2. The summed E-state index contributed by atoms with van der Waals surface area (Å²) in [6.45, 7) is 2.53. The van der Waals surface area contributed by atoms with E-state index in [9.17, 15) is 28.9 Å². The summed E-state index contributed by atoms with van der Waals surface area (Å²) in [4.78, 5) is 45.9. The number of unbranched alkanes of at least 4 members (excludes halogenated alkanes) is 13. The van der Waals surface area contributed by atoms with Gasteiger partial charge in [-0.1, -0.05) is 151 Å². The van der Waals surface area contributed by atoms with Gasteiger partial charge >= 0.3 is 25.7 Å². The lowest BCUT2D eigenvalue weighted by Crippen LogP contribution is -2.34. The van der Waals surface area contributed by atoms with Crippen LogP contribution in [-0.2, 0) is 37.5 Å². The highest BCUT2D eigenvalue weighted by Gasteiger charge is 2.28. The number of carbonyl (C=O) groups excluding carboxylic acids is 2. The Balaban J connectivity index is 4.64. The third kappa shape index (κ3) is 40.1. The minimum absolute atomic E-state index is 0.0161. The molecule has 0 aliphatic carbocycles. The van der Waals surface area contributed by atoms with Gasteiger partial charge in [-0.25, -0.2) is 4.57 Å². The maximum atomic E-state index is 12.6. The molecule has 0 aromatic carbocycles. The van der Waals surface area contributed by atoms with Crippen LogP contribution in [0.2, 0.25) is 0 Å². The van der Waals surface area contributed by atoms with Crippen molar-refractivity contribution in [1.82, 2.24) is 0 Å². The quantitative estimate of drug-likeness (QED) is 0.0150. The summed E-state index contributed by atoms with van der Waals surface area (Å²) in [5.74, 6) is -2.67. The molecule has 5 N–H and O–H groups in total. The number of aliphatic hydroxyl groups excluding tert-OH is 1. The summed E-state index contributed by atoms with van der Waals surface area (Å²) in [5.41, 5.74) is 5.32. The van der Waals surface area contributed by atoms with E-state index in [-0.39, 0.29) is 12.8 Å². The Kier molecular flexibility index (Phi) is 38.2. The third-order valence-corrected chi connectivity index (χ3v) is 9.98. The molecule has 2 unspecified atom stereocenters. The van der Waals surface area contributed by atoms with Gasteiger partial charge < -0.3 is 30.3 Å². The SMILES string of the molecule is CCCCCCCC/C=C\C/C=C\C/C=C\CCCC(=O)O[C@H](COC(=O)CCCC(O)/C=C/C=C/C/C=C/CCCCCCCC)COP(=O)(O)OC[C@H](N)C(=O)O. The van der Waals surface area contributed by atoms with Crippen LogP contribution in [0.3, 0.4) is 0 Å². The predicted molar refractivity (Wildman–Crippen MR) is 237 cm³/mol. The Labute approximate surface area is 355 Å². The van der Waals surface area contributed by atoms with Crippen molar-refractivity contribution in [1.29, 1.82) is 0 Å². The maximum absolute atomic E-state index is 12.6. The van der Waals surface area contributed by atoms with Gasteiger partial charge in [0.05, 0.1) is 19.3 Å². The Morgan fingerprint density at radius 2 is 1.10 bits per heavy atom. The minimum Gasteiger partial charge on any atom is -0.480 e. The molecule has 0 saturated heterocycles. The molecule has 0 aliphatic rings. The van der Waals surface area contributed by atoms with E-state index in [1.807, 2.05) is 24.3 Å². The van der Waals surface area contributed by atoms with Gasteiger partial charge in [-0.15, -0.1) is 0 Å². The van der Waals surface area contributed by atoms with Gasteiger partial charge in [-0.3, -0.25) is 23.4 Å². The summed E-state index contributed by atoms with van der Waals surface area (Å²) in [5, 5.41) is 19.1. The van der Waals surface area contributed by atoms with Crippen molar-refractivity contribution in [2.75, 3.05) is 19.8 Å². The van der Waals surface area contributed by atoms with Crippen LogP contribution >= 0.6 is 7.82 Å². The average molecular weight is 852 g/mol. The monoisotopic (exact) mass is 852 g/mol. The van der Waals surface area contributed by atoms with Crippen LogP contribution in [-0.4, -0.2) is 71.1 Å². The van der Waals surface area contributed by atoms with Gasteiger partial charge in [0.25, 0.3) is 0 Å². The highest BCUT2D eigenvalue weighted by molar-refractivity contribution is 7.47. The molecule has 12 nitrogen and oxygen atoms in total. The van der Waals surface area contributed by atoms with Crippen molar-refractivity contribution >= 4 is 25.7 Å². The first-order chi connectivity index (χ1) is 28.5. The molecule has 4 atom stereocenters. The molecule has 0 rings (SSSR count). The van der Waals surface area contributed by atoms with Crippen LogP contribution in [0, 0.1) is 0 Å². The first kappa shape index (κ1) is 55.9. The molecule has 0 aliphatic heterocycles. The topological polar surface area (TPSA) is 192 Å². The van der Waals surface area contributed by atoms with E-state index in [2.05, 4.69) is 54.8 Å². The standard InChI is InChI=1S/C46H78NO11P/c1-3-5-7-9-11-13-15-17-18-19-20-22-24-26-28-30-32-36-45(50)58-42(39-56-59(53,54)57-40-43(47)46(51)52)38-55-44(49)37-33-35-41(48)34-31-29-27-25-23-21-16-14-12-10-8-6-4-2/h17-18,20-23,26-29,31,34,41-43,48H,3-16,19,24-25,30,32-33,35-40,47H2,1-2H3,(H,51,52)(H,53,54)/b18-17-,22-20-,23-21+,28-26-,29-27+,34-31+/t41?,42-,43+/m1/s1. The Bertz CT molecular complexity index is 1290. The second-order valence-electron chi connectivity index (χ2n) is 14.7. The van der Waals surface area contributed by atoms with Crippen LogP contribution in [0.15, 0.2) is 72.9 Å². The van der Waals surface area contributed by atoms with E-state index >= 15 is 0 Å². The summed E-state index contributed by atoms with van der Waals surface area (Å²) >= 11 is 0. The van der Waals surface area contributed by atoms with E-state index < -0.39 is 63.8 Å². The van der Waals surface area contributed by atoms with Gasteiger partial charge in [0.1, 0.15) is 12.6 Å². The summed E-state index contributed by atoms with van der Waals surface area (Å²) < 4.78 is 32.5. The molecular formula is C46H78NO11P. The lowest BCUT2D eigenvalue weighted by Gasteiger charge is -2.20. The largest absolute Gasteiger partial charge is 0.480 e. The van der Waals surface area contributed by atoms with Crippen LogP contribution in [0.25, 0.3) is 0 Å². The summed E-state index contributed by atoms with van der Waals surface area (Å²) in [7, 11) is -4.78. The highest BCUT2D eigenvalue weighted by atomic mass is 31.2. The molecule has 59 heavy (non-hydrogen) atoms. The fourth-order valence-electron chi connectivity index (χ4n) is 5.50. The van der Waals surface area contributed by atoms with E-state index in [4.69, 9.17) is 24.8 Å². The molecule has 0 aromatic rings. The number of phosphoric ester groups is 1. The number of phosphoric acid groups is 1. The maximum Gasteiger partial charge on any atom is 0.472 e. The number of carboxylic acid groups (broad SMARTS) is 1. The van der Waals surface area contributed by atoms with Gasteiger partial charge in [0, 0.05) is 12.8 Å². The second kappa shape index (κ2) is 40.3. The number of hydrogen-bond acceptors (Lipinski definition) is 10. The second-order valence-corrected chi connectivity index (χ2v) is 16.1. The number of nitrogens with two attached hydrogens (primary N) is 1. The molecular weight excluding hydrogens is 773 g/mol. The van der Waals surface area contributed by atoms with Crippen molar-refractivity contribution in [3.8, 4) is 0 Å². The van der Waals surface area contributed by atoms with Gasteiger partial charge in [-0.2, -0.15) is 0 Å². The van der Waals surface area contributed by atoms with Crippen molar-refractivity contribution in [2.45, 2.75) is 180 Å². The molecule has 338 valence electrons. The smallest absolute Gasteiger partial charge is 0.472 e. The first-order valence-corrected chi connectivity index (χ1v) is 23.6. The van der Waals surface area contributed by atoms with E-state index in [0.29, 0.717) is 25.7 Å². The van der Waals surface area contributed by atoms with Crippen LogP contribution < -0.4 is 5.73 Å². The van der Waals surface area contributed by atoms with Crippen LogP contribution in [0.4, 0.5) is 0 Å². The Hall–Kier alpha value is -3.12. The van der Waals surface area contributed by atoms with Crippen LogP contribution in [0.1, 0.15) is 162 Å². The first-order valence-electron chi connectivity index (χ1n) is 22.1. The van der Waals surface area contributed by atoms with Crippen LogP contribution in [0.5, 0.6) is 0 Å². The van der Waals surface area contributed by atoms with Gasteiger partial charge in [0.2, 0.25) is 0 Å². The molecule has 0 spiro atoms. The Morgan fingerprint density at radius 1 is 0.610 bits per heavy atom. The lowest BCUT2D eigenvalue weighted by atomic mass is 10.1. The fraction of sp³-hybridized carbons (Fsp3) is 0.674. The van der Waals surface area contributed by atoms with Crippen molar-refractivity contribution in [3.63, 3.8) is 0 Å². The normalized spacial score (nSPS) is 14.9. The number of aliphatic carboxylic acids is 1. The van der Waals surface area contributed by atoms with Crippen molar-refractivity contribution < 1.29 is 52.6 Å².